The lowest BCUT2D eigenvalue weighted by atomic mass is 9.92. The molecule has 0 heterocycles. The lowest BCUT2D eigenvalue weighted by Gasteiger charge is -2.14. The summed E-state index contributed by atoms with van der Waals surface area (Å²) in [6, 6.07) is 0. The molecular weight excluding hydrogens is 122 g/mol. The van der Waals surface area contributed by atoms with Crippen LogP contribution in [0.5, 0.6) is 0 Å². The van der Waals surface area contributed by atoms with E-state index in [0.29, 0.717) is 0 Å². The molecule has 0 spiro atoms. The molecule has 1 saturated carbocycles. The van der Waals surface area contributed by atoms with Crippen molar-refractivity contribution >= 4 is 5.71 Å². The van der Waals surface area contributed by atoms with Crippen LogP contribution in [0.1, 0.15) is 39.5 Å². The largest absolute Gasteiger partial charge is 0.310 e. The Morgan fingerprint density at radius 1 is 1.10 bits per heavy atom. The van der Waals surface area contributed by atoms with E-state index in [2.05, 4.69) is 13.8 Å². The molecule has 2 atom stereocenters. The first-order valence-corrected chi connectivity index (χ1v) is 4.26. The van der Waals surface area contributed by atoms with Crippen LogP contribution in [0.2, 0.25) is 0 Å². The molecule has 0 saturated heterocycles. The average molecular weight is 139 g/mol. The summed E-state index contributed by atoms with van der Waals surface area (Å²) in [5.74, 6) is 1.67. The zero-order valence-electron chi connectivity index (χ0n) is 6.98. The summed E-state index contributed by atoms with van der Waals surface area (Å²) in [5.41, 5.74) is 0.969. The monoisotopic (exact) mass is 139 g/mol. The molecule has 0 aromatic rings. The maximum atomic E-state index is 7.51. The van der Waals surface area contributed by atoms with Crippen LogP contribution >= 0.6 is 0 Å². The Bertz CT molecular complexity index is 115. The fourth-order valence-electron chi connectivity index (χ4n) is 1.50. The molecule has 0 bridgehead atoms. The van der Waals surface area contributed by atoms with Gasteiger partial charge in [-0.15, -0.1) is 0 Å². The van der Waals surface area contributed by atoms with Crippen LogP contribution in [-0.2, 0) is 0 Å². The predicted molar refractivity (Wildman–Crippen MR) is 44.5 cm³/mol. The van der Waals surface area contributed by atoms with Crippen molar-refractivity contribution < 1.29 is 0 Å². The summed E-state index contributed by atoms with van der Waals surface area (Å²) in [6.07, 6.45) is 4.57. The second-order valence-corrected chi connectivity index (χ2v) is 3.64. The van der Waals surface area contributed by atoms with Crippen molar-refractivity contribution in [3.63, 3.8) is 0 Å². The molecular formula is C9H17N. The highest BCUT2D eigenvalue weighted by atomic mass is 14.4. The lowest BCUT2D eigenvalue weighted by Crippen LogP contribution is -2.04. The molecule has 1 nitrogen and oxygen atoms in total. The fourth-order valence-corrected chi connectivity index (χ4v) is 1.50. The number of nitrogens with one attached hydrogen (secondary N) is 1. The van der Waals surface area contributed by atoms with E-state index < -0.39 is 0 Å². The van der Waals surface area contributed by atoms with Gasteiger partial charge in [0.2, 0.25) is 0 Å². The van der Waals surface area contributed by atoms with Crippen molar-refractivity contribution in [1.29, 1.82) is 5.41 Å². The van der Waals surface area contributed by atoms with E-state index in [9.17, 15) is 0 Å². The number of hydrogen-bond acceptors (Lipinski definition) is 1. The first kappa shape index (κ1) is 7.77. The van der Waals surface area contributed by atoms with Gasteiger partial charge in [-0.3, -0.25) is 0 Å². The molecule has 0 aromatic heterocycles. The highest BCUT2D eigenvalue weighted by Gasteiger charge is 2.16. The zero-order chi connectivity index (χ0) is 7.56. The molecule has 10 heavy (non-hydrogen) atoms. The molecule has 1 aliphatic rings. The van der Waals surface area contributed by atoms with Gasteiger partial charge in [0.15, 0.2) is 0 Å². The van der Waals surface area contributed by atoms with E-state index in [-0.39, 0.29) is 0 Å². The van der Waals surface area contributed by atoms with Crippen LogP contribution in [-0.4, -0.2) is 5.71 Å². The summed E-state index contributed by atoms with van der Waals surface area (Å²) < 4.78 is 0. The second-order valence-electron chi connectivity index (χ2n) is 3.64. The normalized spacial score (nSPS) is 35.6. The molecule has 2 unspecified atom stereocenters. The number of hydrogen-bond donors (Lipinski definition) is 1. The topological polar surface area (TPSA) is 23.9 Å². The summed E-state index contributed by atoms with van der Waals surface area (Å²) in [4.78, 5) is 0. The summed E-state index contributed by atoms with van der Waals surface area (Å²) in [6.45, 7) is 4.62. The van der Waals surface area contributed by atoms with Crippen LogP contribution in [0.15, 0.2) is 0 Å². The maximum absolute atomic E-state index is 7.51. The molecule has 0 aromatic carbocycles. The van der Waals surface area contributed by atoms with Crippen LogP contribution < -0.4 is 0 Å². The van der Waals surface area contributed by atoms with Gasteiger partial charge in [-0.05, 0) is 37.5 Å². The minimum Gasteiger partial charge on any atom is -0.310 e. The van der Waals surface area contributed by atoms with Crippen molar-refractivity contribution in [1.82, 2.24) is 0 Å². The Morgan fingerprint density at radius 3 is 1.90 bits per heavy atom. The zero-order valence-corrected chi connectivity index (χ0v) is 6.98. The van der Waals surface area contributed by atoms with Gasteiger partial charge in [0, 0.05) is 5.71 Å². The fraction of sp³-hybridized carbons (Fsp3) is 0.889. The van der Waals surface area contributed by atoms with Crippen molar-refractivity contribution in [2.24, 2.45) is 11.8 Å². The molecule has 58 valence electrons. The molecule has 0 radical (unpaired) electrons. The van der Waals surface area contributed by atoms with Gasteiger partial charge in [-0.1, -0.05) is 13.8 Å². The summed E-state index contributed by atoms with van der Waals surface area (Å²) >= 11 is 0. The van der Waals surface area contributed by atoms with Gasteiger partial charge in [0.1, 0.15) is 0 Å². The Morgan fingerprint density at radius 2 is 1.50 bits per heavy atom. The van der Waals surface area contributed by atoms with Crippen molar-refractivity contribution in [3.8, 4) is 0 Å². The van der Waals surface area contributed by atoms with E-state index in [1.807, 2.05) is 0 Å². The molecule has 0 amide bonds. The van der Waals surface area contributed by atoms with Crippen molar-refractivity contribution in [3.05, 3.63) is 0 Å². The smallest absolute Gasteiger partial charge is 0.00893 e. The predicted octanol–water partition coefficient (Wildman–Crippen LogP) is 2.85. The van der Waals surface area contributed by atoms with Crippen LogP contribution in [0, 0.1) is 17.2 Å². The average Bonchev–Trinajstić information content (AvgIpc) is 2.04. The van der Waals surface area contributed by atoms with Gasteiger partial charge in [-0.2, -0.15) is 0 Å². The SMILES string of the molecule is CC1CCC(=N)CCC1C. The Balaban J connectivity index is 2.46. The standard InChI is InChI=1S/C9H17N/c1-7-3-5-9(10)6-4-8(7)2/h7-8,10H,3-6H2,1-2H3. The maximum Gasteiger partial charge on any atom is 0.00893 e. The molecule has 1 fully saturated rings. The third-order valence-electron chi connectivity index (χ3n) is 2.77. The summed E-state index contributed by atoms with van der Waals surface area (Å²) in [7, 11) is 0. The molecule has 1 heteroatoms. The van der Waals surface area contributed by atoms with Gasteiger partial charge < -0.3 is 5.41 Å². The molecule has 1 N–H and O–H groups in total. The molecule has 1 rings (SSSR count). The van der Waals surface area contributed by atoms with Crippen molar-refractivity contribution in [2.75, 3.05) is 0 Å². The van der Waals surface area contributed by atoms with Gasteiger partial charge >= 0.3 is 0 Å². The van der Waals surface area contributed by atoms with Crippen LogP contribution in [0.4, 0.5) is 0 Å². The highest BCUT2D eigenvalue weighted by molar-refractivity contribution is 5.81. The highest BCUT2D eigenvalue weighted by Crippen LogP contribution is 2.25. The second kappa shape index (κ2) is 3.18. The van der Waals surface area contributed by atoms with Gasteiger partial charge in [-0.25, -0.2) is 0 Å². The Labute approximate surface area is 63.3 Å². The van der Waals surface area contributed by atoms with Crippen molar-refractivity contribution in [2.45, 2.75) is 39.5 Å². The first-order valence-electron chi connectivity index (χ1n) is 4.26. The minimum atomic E-state index is 0.836. The quantitative estimate of drug-likeness (QED) is 0.499. The van der Waals surface area contributed by atoms with E-state index in [1.54, 1.807) is 0 Å². The first-order chi connectivity index (χ1) is 4.70. The number of rotatable bonds is 0. The van der Waals surface area contributed by atoms with E-state index in [4.69, 9.17) is 5.41 Å². The molecule has 1 aliphatic carbocycles. The Hall–Kier alpha value is -0.330. The van der Waals surface area contributed by atoms with Gasteiger partial charge in [0.25, 0.3) is 0 Å². The third kappa shape index (κ3) is 1.83. The van der Waals surface area contributed by atoms with E-state index >= 15 is 0 Å². The molecule has 0 aliphatic heterocycles. The van der Waals surface area contributed by atoms with E-state index in [1.165, 1.54) is 12.8 Å². The third-order valence-corrected chi connectivity index (χ3v) is 2.77. The van der Waals surface area contributed by atoms with E-state index in [0.717, 1.165) is 30.4 Å². The summed E-state index contributed by atoms with van der Waals surface area (Å²) in [5, 5.41) is 7.51. The van der Waals surface area contributed by atoms with Crippen LogP contribution in [0.25, 0.3) is 0 Å². The Kier molecular flexibility index (Phi) is 2.47. The minimum absolute atomic E-state index is 0.836. The van der Waals surface area contributed by atoms with Gasteiger partial charge in [0.05, 0.1) is 0 Å². The lowest BCUT2D eigenvalue weighted by molar-refractivity contribution is 0.367. The van der Waals surface area contributed by atoms with Crippen LogP contribution in [0.3, 0.4) is 0 Å².